The minimum atomic E-state index is -4.34. The number of nitrogens with zero attached hydrogens (tertiary/aromatic N) is 2. The summed E-state index contributed by atoms with van der Waals surface area (Å²) >= 11 is 0. The van der Waals surface area contributed by atoms with Gasteiger partial charge in [0.25, 0.3) is 0 Å². The van der Waals surface area contributed by atoms with Crippen molar-refractivity contribution in [1.82, 2.24) is 4.90 Å². The van der Waals surface area contributed by atoms with Crippen LogP contribution in [0.2, 0.25) is 0 Å². The van der Waals surface area contributed by atoms with Crippen molar-refractivity contribution in [2.75, 3.05) is 44.2 Å². The Balaban J connectivity index is 1.45. The van der Waals surface area contributed by atoms with Crippen molar-refractivity contribution in [1.29, 1.82) is 0 Å². The van der Waals surface area contributed by atoms with Gasteiger partial charge in [-0.1, -0.05) is 18.4 Å². The average Bonchev–Trinajstić information content (AvgIpc) is 2.73. The lowest BCUT2D eigenvalue weighted by molar-refractivity contribution is -0.137. The van der Waals surface area contributed by atoms with Gasteiger partial charge >= 0.3 is 6.18 Å². The van der Waals surface area contributed by atoms with E-state index in [0.717, 1.165) is 31.7 Å². The Bertz CT molecular complexity index is 703. The second-order valence-electron chi connectivity index (χ2n) is 8.00. The van der Waals surface area contributed by atoms with Crippen molar-refractivity contribution in [3.05, 3.63) is 29.8 Å². The first kappa shape index (κ1) is 21.9. The van der Waals surface area contributed by atoms with Crippen molar-refractivity contribution in [3.8, 4) is 12.3 Å². The number of alkyl halides is 3. The first-order valence-electron chi connectivity index (χ1n) is 10.3. The van der Waals surface area contributed by atoms with Crippen molar-refractivity contribution < 1.29 is 23.0 Å². The summed E-state index contributed by atoms with van der Waals surface area (Å²) in [7, 11) is 0. The SMILES string of the molecule is C#CC1(OCC(O)CN2CCN(c3cccc(C(F)(F)F)c3)CC2)CCCCC1. The summed E-state index contributed by atoms with van der Waals surface area (Å²) in [6, 6.07) is 5.43. The summed E-state index contributed by atoms with van der Waals surface area (Å²) in [5, 5.41) is 10.4. The van der Waals surface area contributed by atoms with Crippen LogP contribution in [-0.4, -0.2) is 61.0 Å². The molecule has 1 aromatic rings. The fraction of sp³-hybridized carbons (Fsp3) is 0.636. The largest absolute Gasteiger partial charge is 0.416 e. The fourth-order valence-corrected chi connectivity index (χ4v) is 4.13. The van der Waals surface area contributed by atoms with E-state index in [2.05, 4.69) is 10.8 Å². The van der Waals surface area contributed by atoms with Gasteiger partial charge in [0.1, 0.15) is 5.60 Å². The number of rotatable bonds is 6. The number of piperazine rings is 1. The van der Waals surface area contributed by atoms with Gasteiger partial charge in [0, 0.05) is 38.4 Å². The van der Waals surface area contributed by atoms with Gasteiger partial charge in [0.15, 0.2) is 0 Å². The highest BCUT2D eigenvalue weighted by Gasteiger charge is 2.32. The van der Waals surface area contributed by atoms with Crippen molar-refractivity contribution in [3.63, 3.8) is 0 Å². The molecule has 1 aromatic carbocycles. The second-order valence-corrected chi connectivity index (χ2v) is 8.00. The molecule has 7 heteroatoms. The van der Waals surface area contributed by atoms with Crippen LogP contribution in [0.1, 0.15) is 37.7 Å². The predicted molar refractivity (Wildman–Crippen MR) is 107 cm³/mol. The molecule has 0 amide bonds. The number of benzene rings is 1. The van der Waals surface area contributed by atoms with Crippen LogP contribution in [-0.2, 0) is 10.9 Å². The van der Waals surface area contributed by atoms with E-state index in [9.17, 15) is 18.3 Å². The molecule has 0 bridgehead atoms. The Labute approximate surface area is 170 Å². The molecule has 1 saturated heterocycles. The van der Waals surface area contributed by atoms with Crippen LogP contribution >= 0.6 is 0 Å². The van der Waals surface area contributed by atoms with Crippen molar-refractivity contribution in [2.45, 2.75) is 50.0 Å². The van der Waals surface area contributed by atoms with Gasteiger partial charge in [-0.15, -0.1) is 6.42 Å². The normalized spacial score (nSPS) is 21.6. The van der Waals surface area contributed by atoms with E-state index < -0.39 is 23.4 Å². The van der Waals surface area contributed by atoms with Crippen molar-refractivity contribution >= 4 is 5.69 Å². The third-order valence-corrected chi connectivity index (χ3v) is 5.86. The van der Waals surface area contributed by atoms with Crippen LogP contribution in [0.4, 0.5) is 18.9 Å². The molecule has 2 fully saturated rings. The minimum Gasteiger partial charge on any atom is -0.389 e. The van der Waals surface area contributed by atoms with Crippen LogP contribution in [0.5, 0.6) is 0 Å². The number of β-amino-alcohol motifs (C(OH)–C–C–N with tert-alkyl or cyclic N) is 1. The molecule has 29 heavy (non-hydrogen) atoms. The lowest BCUT2D eigenvalue weighted by Gasteiger charge is -2.38. The average molecular weight is 410 g/mol. The molecule has 1 atom stereocenters. The maximum atomic E-state index is 12.9. The maximum Gasteiger partial charge on any atom is 0.416 e. The summed E-state index contributed by atoms with van der Waals surface area (Å²) in [4.78, 5) is 4.06. The molecule has 0 spiro atoms. The molecule has 0 radical (unpaired) electrons. The monoisotopic (exact) mass is 410 g/mol. The Morgan fingerprint density at radius 2 is 1.83 bits per heavy atom. The van der Waals surface area contributed by atoms with E-state index in [4.69, 9.17) is 11.2 Å². The van der Waals surface area contributed by atoms with Gasteiger partial charge in [-0.3, -0.25) is 4.90 Å². The third kappa shape index (κ3) is 5.88. The Morgan fingerprint density at radius 3 is 2.45 bits per heavy atom. The summed E-state index contributed by atoms with van der Waals surface area (Å²) < 4.78 is 44.7. The molecule has 2 aliphatic rings. The highest BCUT2D eigenvalue weighted by Crippen LogP contribution is 2.32. The first-order chi connectivity index (χ1) is 13.8. The molecule has 0 aromatic heterocycles. The summed E-state index contributed by atoms with van der Waals surface area (Å²) in [5.74, 6) is 2.78. The van der Waals surface area contributed by atoms with E-state index in [1.807, 2.05) is 4.90 Å². The smallest absolute Gasteiger partial charge is 0.389 e. The van der Waals surface area contributed by atoms with Crippen LogP contribution in [0.3, 0.4) is 0 Å². The number of hydrogen-bond acceptors (Lipinski definition) is 4. The van der Waals surface area contributed by atoms with E-state index in [1.54, 1.807) is 6.07 Å². The standard InChI is InChI=1S/C22H29F3N2O2/c1-2-21(9-4-3-5-10-21)29-17-20(28)16-26-11-13-27(14-12-26)19-8-6-7-18(15-19)22(23,24)25/h1,6-8,15,20,28H,3-5,9-14,16-17H2. The third-order valence-electron chi connectivity index (χ3n) is 5.86. The zero-order chi connectivity index (χ0) is 20.9. The number of aliphatic hydroxyl groups excluding tert-OH is 1. The lowest BCUT2D eigenvalue weighted by atomic mass is 9.85. The maximum absolute atomic E-state index is 12.9. The molecule has 1 unspecified atom stereocenters. The number of hydrogen-bond donors (Lipinski definition) is 1. The lowest BCUT2D eigenvalue weighted by Crippen LogP contribution is -2.49. The molecule has 4 nitrogen and oxygen atoms in total. The molecule has 1 saturated carbocycles. The van der Waals surface area contributed by atoms with E-state index in [1.165, 1.54) is 18.6 Å². The van der Waals surface area contributed by atoms with E-state index in [-0.39, 0.29) is 6.61 Å². The summed E-state index contributed by atoms with van der Waals surface area (Å²) in [5.41, 5.74) is -0.590. The van der Waals surface area contributed by atoms with Crippen LogP contribution < -0.4 is 4.90 Å². The molecule has 1 aliphatic carbocycles. The minimum absolute atomic E-state index is 0.206. The summed E-state index contributed by atoms with van der Waals surface area (Å²) in [6.45, 7) is 3.25. The molecule has 1 heterocycles. The molecular formula is C22H29F3N2O2. The zero-order valence-electron chi connectivity index (χ0n) is 16.6. The molecule has 1 N–H and O–H groups in total. The molecular weight excluding hydrogens is 381 g/mol. The second kappa shape index (κ2) is 9.38. The summed E-state index contributed by atoms with van der Waals surface area (Å²) in [6.07, 6.45) is 5.66. The van der Waals surface area contributed by atoms with Gasteiger partial charge in [0.2, 0.25) is 0 Å². The zero-order valence-corrected chi connectivity index (χ0v) is 16.6. The van der Waals surface area contributed by atoms with Crippen molar-refractivity contribution in [2.24, 2.45) is 0 Å². The predicted octanol–water partition coefficient (Wildman–Crippen LogP) is 3.54. The number of anilines is 1. The Kier molecular flexibility index (Phi) is 7.10. The Morgan fingerprint density at radius 1 is 1.14 bits per heavy atom. The van der Waals surface area contributed by atoms with Crippen LogP contribution in [0.15, 0.2) is 24.3 Å². The number of halogens is 3. The van der Waals surface area contributed by atoms with Gasteiger partial charge in [-0.2, -0.15) is 13.2 Å². The van der Waals surface area contributed by atoms with Gasteiger partial charge in [-0.05, 0) is 43.9 Å². The van der Waals surface area contributed by atoms with Gasteiger partial charge in [0.05, 0.1) is 18.3 Å². The molecule has 3 rings (SSSR count). The van der Waals surface area contributed by atoms with E-state index in [0.29, 0.717) is 38.4 Å². The van der Waals surface area contributed by atoms with Crippen LogP contribution in [0, 0.1) is 12.3 Å². The van der Waals surface area contributed by atoms with Gasteiger partial charge < -0.3 is 14.7 Å². The van der Waals surface area contributed by atoms with Crippen LogP contribution in [0.25, 0.3) is 0 Å². The quantitative estimate of drug-likeness (QED) is 0.728. The highest BCUT2D eigenvalue weighted by atomic mass is 19.4. The Hall–Kier alpha value is -1.75. The van der Waals surface area contributed by atoms with Gasteiger partial charge in [-0.25, -0.2) is 0 Å². The topological polar surface area (TPSA) is 35.9 Å². The highest BCUT2D eigenvalue weighted by molar-refractivity contribution is 5.49. The number of aliphatic hydroxyl groups is 1. The van der Waals surface area contributed by atoms with E-state index >= 15 is 0 Å². The fourth-order valence-electron chi connectivity index (χ4n) is 4.13. The number of terminal acetylenes is 1. The first-order valence-corrected chi connectivity index (χ1v) is 10.3. The molecule has 160 valence electrons. The molecule has 1 aliphatic heterocycles. The number of ether oxygens (including phenoxy) is 1.